The SMILES string of the molecule is c1ccc(-c2ccccc2CNC2=NCCC2)cc1. The third kappa shape index (κ3) is 2.84. The maximum Gasteiger partial charge on any atom is 0.0966 e. The van der Waals surface area contributed by atoms with E-state index >= 15 is 0 Å². The highest BCUT2D eigenvalue weighted by atomic mass is 15.0. The van der Waals surface area contributed by atoms with Crippen LogP contribution in [0.4, 0.5) is 0 Å². The average Bonchev–Trinajstić information content (AvgIpc) is 3.00. The molecule has 1 N–H and O–H groups in total. The highest BCUT2D eigenvalue weighted by Crippen LogP contribution is 2.23. The first kappa shape index (κ1) is 12.0. The molecule has 19 heavy (non-hydrogen) atoms. The van der Waals surface area contributed by atoms with Gasteiger partial charge in [-0.05, 0) is 23.1 Å². The maximum atomic E-state index is 4.46. The van der Waals surface area contributed by atoms with Crippen LogP contribution in [0.25, 0.3) is 11.1 Å². The fraction of sp³-hybridized carbons (Fsp3) is 0.235. The Kier molecular flexibility index (Phi) is 3.59. The van der Waals surface area contributed by atoms with Crippen molar-refractivity contribution in [3.63, 3.8) is 0 Å². The molecule has 1 aliphatic rings. The quantitative estimate of drug-likeness (QED) is 0.883. The van der Waals surface area contributed by atoms with Crippen molar-refractivity contribution in [2.75, 3.05) is 6.54 Å². The molecule has 0 spiro atoms. The van der Waals surface area contributed by atoms with E-state index in [9.17, 15) is 0 Å². The van der Waals surface area contributed by atoms with Gasteiger partial charge in [-0.3, -0.25) is 4.99 Å². The topological polar surface area (TPSA) is 24.4 Å². The summed E-state index contributed by atoms with van der Waals surface area (Å²) in [6, 6.07) is 19.1. The van der Waals surface area contributed by atoms with Crippen molar-refractivity contribution < 1.29 is 0 Å². The largest absolute Gasteiger partial charge is 0.370 e. The summed E-state index contributed by atoms with van der Waals surface area (Å²) in [4.78, 5) is 4.46. The second-order valence-corrected chi connectivity index (χ2v) is 4.81. The van der Waals surface area contributed by atoms with Crippen LogP contribution in [0.1, 0.15) is 18.4 Å². The molecule has 96 valence electrons. The summed E-state index contributed by atoms with van der Waals surface area (Å²) in [6.45, 7) is 1.83. The van der Waals surface area contributed by atoms with E-state index in [1.54, 1.807) is 0 Å². The van der Waals surface area contributed by atoms with Gasteiger partial charge in [-0.25, -0.2) is 0 Å². The molecule has 0 bridgehead atoms. The fourth-order valence-corrected chi connectivity index (χ4v) is 2.45. The fourth-order valence-electron chi connectivity index (χ4n) is 2.45. The molecular formula is C17H18N2. The van der Waals surface area contributed by atoms with Crippen molar-refractivity contribution in [3.8, 4) is 11.1 Å². The predicted octanol–water partition coefficient (Wildman–Crippen LogP) is 3.64. The predicted molar refractivity (Wildman–Crippen MR) is 80.3 cm³/mol. The summed E-state index contributed by atoms with van der Waals surface area (Å²) < 4.78 is 0. The molecule has 0 aromatic heterocycles. The van der Waals surface area contributed by atoms with Crippen LogP contribution in [0.5, 0.6) is 0 Å². The zero-order valence-corrected chi connectivity index (χ0v) is 11.0. The molecule has 0 aliphatic carbocycles. The average molecular weight is 250 g/mol. The third-order valence-corrected chi connectivity index (χ3v) is 3.46. The van der Waals surface area contributed by atoms with Gasteiger partial charge in [0.05, 0.1) is 5.84 Å². The van der Waals surface area contributed by atoms with Gasteiger partial charge in [-0.1, -0.05) is 54.6 Å². The molecule has 1 heterocycles. The number of benzene rings is 2. The van der Waals surface area contributed by atoms with Crippen LogP contribution in [0, 0.1) is 0 Å². The minimum Gasteiger partial charge on any atom is -0.370 e. The van der Waals surface area contributed by atoms with Crippen LogP contribution in [0.2, 0.25) is 0 Å². The Balaban J connectivity index is 1.81. The smallest absolute Gasteiger partial charge is 0.0966 e. The third-order valence-electron chi connectivity index (χ3n) is 3.46. The Labute approximate surface area is 114 Å². The first-order valence-electron chi connectivity index (χ1n) is 6.84. The van der Waals surface area contributed by atoms with Crippen molar-refractivity contribution in [1.82, 2.24) is 5.32 Å². The summed E-state index contributed by atoms with van der Waals surface area (Å²) in [5.74, 6) is 1.16. The van der Waals surface area contributed by atoms with Crippen molar-refractivity contribution >= 4 is 5.84 Å². The number of hydrogen-bond donors (Lipinski definition) is 1. The molecule has 0 saturated heterocycles. The Morgan fingerprint density at radius 2 is 1.74 bits per heavy atom. The Morgan fingerprint density at radius 1 is 0.947 bits per heavy atom. The highest BCUT2D eigenvalue weighted by Gasteiger charge is 2.07. The molecule has 3 rings (SSSR count). The Morgan fingerprint density at radius 3 is 2.53 bits per heavy atom. The molecule has 2 aromatic carbocycles. The van der Waals surface area contributed by atoms with Crippen molar-refractivity contribution in [1.29, 1.82) is 0 Å². The second-order valence-electron chi connectivity index (χ2n) is 4.81. The second kappa shape index (κ2) is 5.70. The summed E-state index contributed by atoms with van der Waals surface area (Å²) in [7, 11) is 0. The van der Waals surface area contributed by atoms with E-state index in [2.05, 4.69) is 64.9 Å². The number of nitrogens with zero attached hydrogens (tertiary/aromatic N) is 1. The monoisotopic (exact) mass is 250 g/mol. The van der Waals surface area contributed by atoms with Gasteiger partial charge in [0, 0.05) is 19.5 Å². The summed E-state index contributed by atoms with van der Waals surface area (Å²) >= 11 is 0. The molecule has 0 atom stereocenters. The zero-order valence-electron chi connectivity index (χ0n) is 11.0. The van der Waals surface area contributed by atoms with E-state index in [1.807, 2.05) is 0 Å². The minimum atomic E-state index is 0.851. The lowest BCUT2D eigenvalue weighted by Crippen LogP contribution is -2.20. The first-order chi connectivity index (χ1) is 9.43. The summed E-state index contributed by atoms with van der Waals surface area (Å²) in [6.07, 6.45) is 2.27. The van der Waals surface area contributed by atoms with Gasteiger partial charge in [0.2, 0.25) is 0 Å². The van der Waals surface area contributed by atoms with Crippen LogP contribution in [0.3, 0.4) is 0 Å². The van der Waals surface area contributed by atoms with Gasteiger partial charge in [0.25, 0.3) is 0 Å². The minimum absolute atomic E-state index is 0.851. The number of nitrogens with one attached hydrogen (secondary N) is 1. The van der Waals surface area contributed by atoms with E-state index in [0.29, 0.717) is 0 Å². The first-order valence-corrected chi connectivity index (χ1v) is 6.84. The van der Waals surface area contributed by atoms with Crippen LogP contribution in [-0.4, -0.2) is 12.4 Å². The van der Waals surface area contributed by atoms with Gasteiger partial charge in [-0.15, -0.1) is 0 Å². The van der Waals surface area contributed by atoms with Crippen LogP contribution >= 0.6 is 0 Å². The lowest BCUT2D eigenvalue weighted by molar-refractivity contribution is 0.890. The van der Waals surface area contributed by atoms with Gasteiger partial charge in [0.15, 0.2) is 0 Å². The number of amidine groups is 1. The van der Waals surface area contributed by atoms with Gasteiger partial charge < -0.3 is 5.32 Å². The molecule has 1 aliphatic heterocycles. The lowest BCUT2D eigenvalue weighted by Gasteiger charge is -2.11. The van der Waals surface area contributed by atoms with Gasteiger partial charge in [-0.2, -0.15) is 0 Å². The van der Waals surface area contributed by atoms with Gasteiger partial charge >= 0.3 is 0 Å². The normalized spacial score (nSPS) is 14.2. The van der Waals surface area contributed by atoms with E-state index in [4.69, 9.17) is 0 Å². The molecule has 0 saturated carbocycles. The molecule has 0 unspecified atom stereocenters. The lowest BCUT2D eigenvalue weighted by atomic mass is 10.00. The maximum absolute atomic E-state index is 4.46. The number of aliphatic imine (C=N–C) groups is 1. The Hall–Kier alpha value is -2.09. The molecule has 0 fully saturated rings. The van der Waals surface area contributed by atoms with E-state index in [1.165, 1.54) is 23.1 Å². The van der Waals surface area contributed by atoms with Crippen molar-refractivity contribution in [2.24, 2.45) is 4.99 Å². The Bertz CT molecular complexity index is 573. The van der Waals surface area contributed by atoms with E-state index in [-0.39, 0.29) is 0 Å². The van der Waals surface area contributed by atoms with E-state index < -0.39 is 0 Å². The number of hydrogen-bond acceptors (Lipinski definition) is 2. The summed E-state index contributed by atoms with van der Waals surface area (Å²) in [5.41, 5.74) is 3.89. The zero-order chi connectivity index (χ0) is 12.9. The molecule has 0 amide bonds. The van der Waals surface area contributed by atoms with Crippen LogP contribution in [-0.2, 0) is 6.54 Å². The highest BCUT2D eigenvalue weighted by molar-refractivity contribution is 5.83. The van der Waals surface area contributed by atoms with E-state index in [0.717, 1.165) is 25.3 Å². The molecule has 2 heteroatoms. The van der Waals surface area contributed by atoms with Crippen LogP contribution in [0.15, 0.2) is 59.6 Å². The standard InChI is InChI=1S/C17H18N2/c1-2-7-14(8-3-1)16-10-5-4-9-15(16)13-19-17-11-6-12-18-17/h1-5,7-10H,6,11-13H2,(H,18,19). The number of rotatable bonds is 3. The molecule has 2 aromatic rings. The van der Waals surface area contributed by atoms with Gasteiger partial charge in [0.1, 0.15) is 0 Å². The molecular weight excluding hydrogens is 232 g/mol. The summed E-state index contributed by atoms with van der Waals surface area (Å²) in [5, 5.41) is 3.46. The van der Waals surface area contributed by atoms with Crippen molar-refractivity contribution in [3.05, 3.63) is 60.2 Å². The van der Waals surface area contributed by atoms with Crippen molar-refractivity contribution in [2.45, 2.75) is 19.4 Å². The van der Waals surface area contributed by atoms with Crippen LogP contribution < -0.4 is 5.32 Å². The molecule has 2 nitrogen and oxygen atoms in total. The molecule has 0 radical (unpaired) electrons.